The Balaban J connectivity index is 1.65. The predicted octanol–water partition coefficient (Wildman–Crippen LogP) is 6.15. The lowest BCUT2D eigenvalue weighted by atomic mass is 9.92. The Morgan fingerprint density at radius 2 is 1.73 bits per heavy atom. The maximum Gasteiger partial charge on any atom is 0.322 e. The summed E-state index contributed by atoms with van der Waals surface area (Å²) < 4.78 is 16.0. The maximum absolute atomic E-state index is 13.9. The van der Waals surface area contributed by atoms with E-state index >= 15 is 0 Å². The van der Waals surface area contributed by atoms with Gasteiger partial charge >= 0.3 is 6.03 Å². The van der Waals surface area contributed by atoms with Crippen LogP contribution in [0.4, 0.5) is 14.9 Å². The minimum absolute atomic E-state index is 0.0935. The standard InChI is InChI=1S/C25H30FN3O/c1-15(2)18-7-6-8-19(16(3)4)24(18)27-25(30)29-12-11-23-21(14-29)20-13-17(26)9-10-22(20)28(23)5/h6-10,13,15-16H,11-12,14H2,1-5H3,(H,27,30). The Labute approximate surface area is 177 Å². The van der Waals surface area contributed by atoms with Gasteiger partial charge in [-0.2, -0.15) is 0 Å². The molecule has 4 nitrogen and oxygen atoms in total. The second-order valence-electron chi connectivity index (χ2n) is 8.87. The molecule has 1 aromatic heterocycles. The summed E-state index contributed by atoms with van der Waals surface area (Å²) >= 11 is 0. The lowest BCUT2D eigenvalue weighted by Crippen LogP contribution is -2.39. The summed E-state index contributed by atoms with van der Waals surface area (Å²) in [7, 11) is 2.02. The zero-order valence-electron chi connectivity index (χ0n) is 18.4. The molecule has 0 unspecified atom stereocenters. The molecule has 1 aliphatic rings. The Bertz CT molecular complexity index is 1090. The van der Waals surface area contributed by atoms with Gasteiger partial charge in [0.1, 0.15) is 5.82 Å². The molecule has 0 aliphatic carbocycles. The molecular weight excluding hydrogens is 377 g/mol. The number of hydrogen-bond donors (Lipinski definition) is 1. The van der Waals surface area contributed by atoms with Gasteiger partial charge in [-0.3, -0.25) is 0 Å². The number of anilines is 1. The van der Waals surface area contributed by atoms with Crippen LogP contribution in [-0.4, -0.2) is 22.0 Å². The number of benzene rings is 2. The van der Waals surface area contributed by atoms with E-state index in [2.05, 4.69) is 55.8 Å². The van der Waals surface area contributed by atoms with E-state index in [4.69, 9.17) is 0 Å². The second-order valence-corrected chi connectivity index (χ2v) is 8.87. The van der Waals surface area contributed by atoms with E-state index in [1.165, 1.54) is 11.8 Å². The highest BCUT2D eigenvalue weighted by atomic mass is 19.1. The highest BCUT2D eigenvalue weighted by Crippen LogP contribution is 2.34. The van der Waals surface area contributed by atoms with Gasteiger partial charge in [-0.15, -0.1) is 0 Å². The van der Waals surface area contributed by atoms with Crippen LogP contribution in [0.2, 0.25) is 0 Å². The normalized spacial score (nSPS) is 13.9. The molecule has 2 amide bonds. The topological polar surface area (TPSA) is 37.3 Å². The molecule has 0 saturated heterocycles. The van der Waals surface area contributed by atoms with Crippen molar-refractivity contribution < 1.29 is 9.18 Å². The quantitative estimate of drug-likeness (QED) is 0.555. The van der Waals surface area contributed by atoms with Crippen LogP contribution in [0.15, 0.2) is 36.4 Å². The molecule has 3 aromatic rings. The molecule has 0 bridgehead atoms. The van der Waals surface area contributed by atoms with Crippen LogP contribution in [0.25, 0.3) is 10.9 Å². The first-order valence-corrected chi connectivity index (χ1v) is 10.7. The molecule has 30 heavy (non-hydrogen) atoms. The number of amides is 2. The molecular formula is C25H30FN3O. The van der Waals surface area contributed by atoms with Crippen LogP contribution in [0.3, 0.4) is 0 Å². The van der Waals surface area contributed by atoms with Crippen molar-refractivity contribution in [3.05, 3.63) is 64.6 Å². The highest BCUT2D eigenvalue weighted by Gasteiger charge is 2.27. The molecule has 0 fully saturated rings. The van der Waals surface area contributed by atoms with E-state index in [0.29, 0.717) is 24.9 Å². The van der Waals surface area contributed by atoms with Crippen molar-refractivity contribution in [3.63, 3.8) is 0 Å². The lowest BCUT2D eigenvalue weighted by Gasteiger charge is -2.29. The van der Waals surface area contributed by atoms with Gasteiger partial charge in [0.25, 0.3) is 0 Å². The summed E-state index contributed by atoms with van der Waals surface area (Å²) in [5, 5.41) is 4.11. The fourth-order valence-electron chi connectivity index (χ4n) is 4.61. The molecule has 158 valence electrons. The summed E-state index contributed by atoms with van der Waals surface area (Å²) in [6, 6.07) is 11.1. The molecule has 0 spiro atoms. The number of carbonyl (C=O) groups excluding carboxylic acids is 1. The molecule has 2 heterocycles. The number of carbonyl (C=O) groups is 1. The number of aromatic nitrogens is 1. The van der Waals surface area contributed by atoms with Crippen molar-refractivity contribution in [1.82, 2.24) is 9.47 Å². The maximum atomic E-state index is 13.9. The Morgan fingerprint density at radius 1 is 1.07 bits per heavy atom. The Kier molecular flexibility index (Phi) is 5.31. The summed E-state index contributed by atoms with van der Waals surface area (Å²) in [6.07, 6.45) is 0.762. The number of aryl methyl sites for hydroxylation is 1. The van der Waals surface area contributed by atoms with Gasteiger partial charge in [-0.05, 0) is 41.2 Å². The van der Waals surface area contributed by atoms with Crippen LogP contribution < -0.4 is 5.32 Å². The minimum Gasteiger partial charge on any atom is -0.347 e. The van der Waals surface area contributed by atoms with E-state index in [9.17, 15) is 9.18 Å². The molecule has 1 N–H and O–H groups in total. The predicted molar refractivity (Wildman–Crippen MR) is 121 cm³/mol. The first-order chi connectivity index (χ1) is 14.3. The van der Waals surface area contributed by atoms with E-state index in [1.807, 2.05) is 18.0 Å². The number of nitrogens with zero attached hydrogens (tertiary/aromatic N) is 2. The summed E-state index contributed by atoms with van der Waals surface area (Å²) in [5.74, 6) is 0.380. The van der Waals surface area contributed by atoms with Crippen molar-refractivity contribution >= 4 is 22.6 Å². The molecule has 1 aliphatic heterocycles. The minimum atomic E-state index is -0.245. The molecule has 2 aromatic carbocycles. The number of fused-ring (bicyclic) bond motifs is 3. The van der Waals surface area contributed by atoms with Gasteiger partial charge < -0.3 is 14.8 Å². The molecule has 4 rings (SSSR count). The third kappa shape index (κ3) is 3.47. The summed E-state index contributed by atoms with van der Waals surface area (Å²) in [4.78, 5) is 15.1. The largest absolute Gasteiger partial charge is 0.347 e. The van der Waals surface area contributed by atoms with Crippen LogP contribution in [0.1, 0.15) is 61.9 Å². The molecule has 0 atom stereocenters. The summed E-state index contributed by atoms with van der Waals surface area (Å²) in [5.41, 5.74) is 6.48. The van der Waals surface area contributed by atoms with Crippen molar-refractivity contribution in [2.75, 3.05) is 11.9 Å². The van der Waals surface area contributed by atoms with E-state index < -0.39 is 0 Å². The molecule has 0 radical (unpaired) electrons. The fraction of sp³-hybridized carbons (Fsp3) is 0.400. The van der Waals surface area contributed by atoms with Crippen molar-refractivity contribution in [2.24, 2.45) is 7.05 Å². The van der Waals surface area contributed by atoms with E-state index in [1.54, 1.807) is 6.07 Å². The average molecular weight is 408 g/mol. The van der Waals surface area contributed by atoms with Crippen LogP contribution in [-0.2, 0) is 20.0 Å². The average Bonchev–Trinajstić information content (AvgIpc) is 2.98. The third-order valence-electron chi connectivity index (χ3n) is 6.26. The monoisotopic (exact) mass is 407 g/mol. The Morgan fingerprint density at radius 3 is 2.37 bits per heavy atom. The van der Waals surface area contributed by atoms with Crippen LogP contribution in [0, 0.1) is 5.82 Å². The highest BCUT2D eigenvalue weighted by molar-refractivity contribution is 5.93. The first kappa shape index (κ1) is 20.5. The van der Waals surface area contributed by atoms with Crippen molar-refractivity contribution in [2.45, 2.75) is 52.5 Å². The number of nitrogens with one attached hydrogen (secondary N) is 1. The van der Waals surface area contributed by atoms with Crippen LogP contribution in [0.5, 0.6) is 0 Å². The number of urea groups is 1. The smallest absolute Gasteiger partial charge is 0.322 e. The molecule has 5 heteroatoms. The zero-order valence-corrected chi connectivity index (χ0v) is 18.4. The van der Waals surface area contributed by atoms with Gasteiger partial charge in [-0.1, -0.05) is 45.9 Å². The second kappa shape index (κ2) is 7.78. The Hall–Kier alpha value is -2.82. The third-order valence-corrected chi connectivity index (χ3v) is 6.26. The zero-order chi connectivity index (χ0) is 21.6. The van der Waals surface area contributed by atoms with Crippen molar-refractivity contribution in [1.29, 1.82) is 0 Å². The van der Waals surface area contributed by atoms with Gasteiger partial charge in [0.05, 0.1) is 0 Å². The number of rotatable bonds is 3. The van der Waals surface area contributed by atoms with E-state index in [-0.39, 0.29) is 11.8 Å². The lowest BCUT2D eigenvalue weighted by molar-refractivity contribution is 0.206. The fourth-order valence-corrected chi connectivity index (χ4v) is 4.61. The number of para-hydroxylation sites is 1. The van der Waals surface area contributed by atoms with E-state index in [0.717, 1.165) is 39.7 Å². The van der Waals surface area contributed by atoms with Gasteiger partial charge in [0, 0.05) is 54.4 Å². The van der Waals surface area contributed by atoms with Crippen LogP contribution >= 0.6 is 0 Å². The van der Waals surface area contributed by atoms with Gasteiger partial charge in [-0.25, -0.2) is 9.18 Å². The number of hydrogen-bond acceptors (Lipinski definition) is 1. The van der Waals surface area contributed by atoms with Crippen molar-refractivity contribution in [3.8, 4) is 0 Å². The number of halogens is 1. The summed E-state index contributed by atoms with van der Waals surface area (Å²) in [6.45, 7) is 9.72. The van der Waals surface area contributed by atoms with Gasteiger partial charge in [0.2, 0.25) is 0 Å². The molecule has 0 saturated carbocycles. The first-order valence-electron chi connectivity index (χ1n) is 10.7. The SMILES string of the molecule is CC(C)c1cccc(C(C)C)c1NC(=O)N1CCc2c(c3cc(F)ccc3n2C)C1. The van der Waals surface area contributed by atoms with Gasteiger partial charge in [0.15, 0.2) is 0 Å².